The Kier molecular flexibility index (Phi) is 52.5. The van der Waals surface area contributed by atoms with Crippen LogP contribution in [0, 0.1) is 0 Å². The van der Waals surface area contributed by atoms with Gasteiger partial charge in [-0.15, -0.1) is 0 Å². The highest BCUT2D eigenvalue weighted by Crippen LogP contribution is 2.19. The predicted octanol–water partition coefficient (Wildman–Crippen LogP) is 17.9. The first kappa shape index (κ1) is 63.7. The molecule has 0 spiro atoms. The van der Waals surface area contributed by atoms with E-state index in [4.69, 9.17) is 9.47 Å². The van der Waals surface area contributed by atoms with Crippen molar-refractivity contribution in [1.82, 2.24) is 9.80 Å². The molecule has 0 fully saturated rings. The van der Waals surface area contributed by atoms with E-state index in [-0.39, 0.29) is 6.10 Å². The standard InChI is InChI=1S/C58H116N2O5/c1-5-9-13-17-21-23-32-42-52-60(53-43-33-24-22-18-14-10-6-2)57(62)48-38-29-25-30-39-49-59(51-41-35-44-54-61)50-40-31-26-34-45-55-64-58(63)65-56(46-36-27-19-15-11-7-3)47-37-28-20-16-12-8-4/h56,61H,5-55H2,1-4H3. The molecule has 0 radical (unpaired) electrons. The Balaban J connectivity index is 4.48. The number of amides is 1. The van der Waals surface area contributed by atoms with E-state index in [2.05, 4.69) is 37.5 Å². The zero-order chi connectivity index (χ0) is 47.4. The summed E-state index contributed by atoms with van der Waals surface area (Å²) in [6, 6.07) is 0. The summed E-state index contributed by atoms with van der Waals surface area (Å²) in [5.41, 5.74) is 0. The lowest BCUT2D eigenvalue weighted by Crippen LogP contribution is -2.32. The lowest BCUT2D eigenvalue weighted by molar-refractivity contribution is -0.131. The van der Waals surface area contributed by atoms with Gasteiger partial charge in [0.2, 0.25) is 5.91 Å². The van der Waals surface area contributed by atoms with E-state index in [0.29, 0.717) is 19.1 Å². The minimum atomic E-state index is -0.461. The van der Waals surface area contributed by atoms with Crippen molar-refractivity contribution >= 4 is 12.1 Å². The maximum absolute atomic E-state index is 13.4. The van der Waals surface area contributed by atoms with Crippen LogP contribution in [-0.4, -0.2) is 79.0 Å². The first-order valence-corrected chi connectivity index (χ1v) is 29.5. The van der Waals surface area contributed by atoms with Crippen LogP contribution in [-0.2, 0) is 14.3 Å². The van der Waals surface area contributed by atoms with Crippen LogP contribution in [0.3, 0.4) is 0 Å². The van der Waals surface area contributed by atoms with Crippen molar-refractivity contribution in [2.75, 3.05) is 45.9 Å². The number of aliphatic hydroxyl groups is 1. The molecule has 0 unspecified atom stereocenters. The van der Waals surface area contributed by atoms with Gasteiger partial charge in [0.25, 0.3) is 0 Å². The summed E-state index contributed by atoms with van der Waals surface area (Å²) in [5.74, 6) is 0.404. The van der Waals surface area contributed by atoms with E-state index in [1.54, 1.807) is 0 Å². The van der Waals surface area contributed by atoms with Gasteiger partial charge in [0.05, 0.1) is 6.61 Å². The van der Waals surface area contributed by atoms with E-state index >= 15 is 0 Å². The van der Waals surface area contributed by atoms with Crippen molar-refractivity contribution in [3.05, 3.63) is 0 Å². The second-order valence-electron chi connectivity index (χ2n) is 20.2. The fraction of sp³-hybridized carbons (Fsp3) is 0.966. The van der Waals surface area contributed by atoms with E-state index in [1.165, 1.54) is 205 Å². The molecule has 1 amide bonds. The third-order valence-electron chi connectivity index (χ3n) is 13.8. The van der Waals surface area contributed by atoms with Crippen molar-refractivity contribution in [1.29, 1.82) is 0 Å². The molecule has 388 valence electrons. The van der Waals surface area contributed by atoms with Crippen LogP contribution in [0.15, 0.2) is 0 Å². The molecule has 0 aliphatic heterocycles. The number of unbranched alkanes of at least 4 members (excludes halogenated alkanes) is 34. The fourth-order valence-corrected chi connectivity index (χ4v) is 9.35. The highest BCUT2D eigenvalue weighted by molar-refractivity contribution is 5.76. The van der Waals surface area contributed by atoms with Crippen molar-refractivity contribution in [2.45, 2.75) is 316 Å². The number of ether oxygens (including phenoxy) is 2. The summed E-state index contributed by atoms with van der Waals surface area (Å²) in [6.45, 7) is 15.2. The smallest absolute Gasteiger partial charge is 0.434 e. The number of nitrogens with zero attached hydrogens (tertiary/aromatic N) is 2. The van der Waals surface area contributed by atoms with Gasteiger partial charge in [-0.1, -0.05) is 220 Å². The summed E-state index contributed by atoms with van der Waals surface area (Å²) in [5, 5.41) is 9.30. The van der Waals surface area contributed by atoms with E-state index in [1.807, 2.05) is 0 Å². The molecule has 65 heavy (non-hydrogen) atoms. The van der Waals surface area contributed by atoms with Gasteiger partial charge >= 0.3 is 6.16 Å². The molecule has 0 rings (SSSR count). The van der Waals surface area contributed by atoms with Gasteiger partial charge in [0.15, 0.2) is 0 Å². The molecular weight excluding hydrogens is 805 g/mol. The van der Waals surface area contributed by atoms with Gasteiger partial charge in [-0.05, 0) is 103 Å². The molecule has 0 saturated heterocycles. The zero-order valence-electron chi connectivity index (χ0n) is 44.6. The Hall–Kier alpha value is -1.34. The molecular formula is C58H116N2O5. The largest absolute Gasteiger partial charge is 0.508 e. The molecule has 0 aromatic rings. The number of carbonyl (C=O) groups is 2. The molecule has 0 aromatic carbocycles. The van der Waals surface area contributed by atoms with Gasteiger partial charge in [0, 0.05) is 26.1 Å². The topological polar surface area (TPSA) is 79.3 Å². The van der Waals surface area contributed by atoms with Gasteiger partial charge in [-0.3, -0.25) is 4.79 Å². The molecule has 0 saturated carbocycles. The zero-order valence-corrected chi connectivity index (χ0v) is 44.6. The second-order valence-corrected chi connectivity index (χ2v) is 20.2. The fourth-order valence-electron chi connectivity index (χ4n) is 9.35. The molecule has 0 aromatic heterocycles. The summed E-state index contributed by atoms with van der Waals surface area (Å²) < 4.78 is 11.4. The van der Waals surface area contributed by atoms with Crippen molar-refractivity contribution in [3.63, 3.8) is 0 Å². The Morgan fingerprint density at radius 3 is 1.11 bits per heavy atom. The molecule has 0 aliphatic rings. The molecule has 1 N–H and O–H groups in total. The molecule has 0 atom stereocenters. The molecule has 7 heteroatoms. The summed E-state index contributed by atoms with van der Waals surface area (Å²) in [6.07, 6.45) is 53.0. The monoisotopic (exact) mass is 921 g/mol. The molecule has 7 nitrogen and oxygen atoms in total. The molecule has 0 aliphatic carbocycles. The quantitative estimate of drug-likeness (QED) is 0.0484. The van der Waals surface area contributed by atoms with Gasteiger partial charge in [-0.2, -0.15) is 0 Å². The van der Waals surface area contributed by atoms with E-state index < -0.39 is 6.16 Å². The minimum Gasteiger partial charge on any atom is -0.434 e. The number of rotatable bonds is 54. The van der Waals surface area contributed by atoms with Crippen LogP contribution in [0.5, 0.6) is 0 Å². The number of hydrogen-bond acceptors (Lipinski definition) is 6. The minimum absolute atomic E-state index is 0.00160. The Morgan fingerprint density at radius 1 is 0.385 bits per heavy atom. The first-order chi connectivity index (χ1) is 32.0. The maximum Gasteiger partial charge on any atom is 0.508 e. The Morgan fingerprint density at radius 2 is 0.708 bits per heavy atom. The van der Waals surface area contributed by atoms with Crippen molar-refractivity contribution in [2.24, 2.45) is 0 Å². The SMILES string of the molecule is CCCCCCCCCCN(CCCCCCCCCC)C(=O)CCCCCCCN(CCCCCO)CCCCCCCOC(=O)OC(CCCCCCCC)CCCCCCCC. The van der Waals surface area contributed by atoms with Gasteiger partial charge in [0.1, 0.15) is 6.10 Å². The van der Waals surface area contributed by atoms with Crippen LogP contribution in [0.2, 0.25) is 0 Å². The van der Waals surface area contributed by atoms with Crippen LogP contribution in [0.4, 0.5) is 4.79 Å². The van der Waals surface area contributed by atoms with Gasteiger partial charge < -0.3 is 24.4 Å². The second kappa shape index (κ2) is 53.6. The Labute approximate surface area is 406 Å². The van der Waals surface area contributed by atoms with Crippen LogP contribution in [0.1, 0.15) is 310 Å². The van der Waals surface area contributed by atoms with Crippen molar-refractivity contribution in [3.8, 4) is 0 Å². The molecule has 0 bridgehead atoms. The number of hydrogen-bond donors (Lipinski definition) is 1. The number of aliphatic hydroxyl groups excluding tert-OH is 1. The van der Waals surface area contributed by atoms with Crippen LogP contribution < -0.4 is 0 Å². The summed E-state index contributed by atoms with van der Waals surface area (Å²) in [4.78, 5) is 30.9. The maximum atomic E-state index is 13.4. The van der Waals surface area contributed by atoms with E-state index in [9.17, 15) is 14.7 Å². The predicted molar refractivity (Wildman–Crippen MR) is 282 cm³/mol. The third-order valence-corrected chi connectivity index (χ3v) is 13.8. The Bertz CT molecular complexity index is 913. The lowest BCUT2D eigenvalue weighted by atomic mass is 10.0. The average Bonchev–Trinajstić information content (AvgIpc) is 3.30. The normalized spacial score (nSPS) is 11.6. The van der Waals surface area contributed by atoms with Gasteiger partial charge in [-0.25, -0.2) is 4.79 Å². The number of carbonyl (C=O) groups excluding carboxylic acids is 2. The summed E-state index contributed by atoms with van der Waals surface area (Å²) in [7, 11) is 0. The highest BCUT2D eigenvalue weighted by atomic mass is 16.7. The van der Waals surface area contributed by atoms with Crippen LogP contribution in [0.25, 0.3) is 0 Å². The highest BCUT2D eigenvalue weighted by Gasteiger charge is 2.16. The van der Waals surface area contributed by atoms with Crippen LogP contribution >= 0.6 is 0 Å². The van der Waals surface area contributed by atoms with E-state index in [0.717, 1.165) is 110 Å². The average molecular weight is 922 g/mol. The van der Waals surface area contributed by atoms with Crippen molar-refractivity contribution < 1.29 is 24.2 Å². The molecule has 0 heterocycles. The summed E-state index contributed by atoms with van der Waals surface area (Å²) >= 11 is 0. The third kappa shape index (κ3) is 47.5. The first-order valence-electron chi connectivity index (χ1n) is 29.5. The lowest BCUT2D eigenvalue weighted by Gasteiger charge is -2.23.